The van der Waals surface area contributed by atoms with Crippen molar-refractivity contribution < 1.29 is 27.7 Å². The van der Waals surface area contributed by atoms with Gasteiger partial charge in [-0.1, -0.05) is 0 Å². The Kier molecular flexibility index (Phi) is 4.43. The second-order valence-electron chi connectivity index (χ2n) is 3.65. The van der Waals surface area contributed by atoms with Gasteiger partial charge < -0.3 is 0 Å². The van der Waals surface area contributed by atoms with E-state index in [-0.39, 0.29) is 11.3 Å². The fourth-order valence-electron chi connectivity index (χ4n) is 1.24. The van der Waals surface area contributed by atoms with Crippen LogP contribution in [-0.4, -0.2) is 23.6 Å². The molecule has 0 aromatic heterocycles. The van der Waals surface area contributed by atoms with Gasteiger partial charge in [0.1, 0.15) is 0 Å². The molecule has 1 aromatic carbocycles. The van der Waals surface area contributed by atoms with Gasteiger partial charge in [-0.25, -0.2) is 5.48 Å². The van der Waals surface area contributed by atoms with E-state index in [1.807, 2.05) is 0 Å². The van der Waals surface area contributed by atoms with Crippen LogP contribution < -0.4 is 5.48 Å². The van der Waals surface area contributed by atoms with Crippen molar-refractivity contribution in [2.45, 2.75) is 13.1 Å². The Labute approximate surface area is 105 Å². The third kappa shape index (κ3) is 4.92. The molecule has 1 amide bonds. The van der Waals surface area contributed by atoms with Gasteiger partial charge in [0, 0.05) is 17.7 Å². The van der Waals surface area contributed by atoms with Crippen molar-refractivity contribution in [2.24, 2.45) is 0 Å². The van der Waals surface area contributed by atoms with Gasteiger partial charge >= 0.3 is 6.18 Å². The highest BCUT2D eigenvalue weighted by molar-refractivity contribution is 5.94. The fourth-order valence-corrected chi connectivity index (χ4v) is 1.24. The Hall–Kier alpha value is -2.16. The maximum Gasteiger partial charge on any atom is 0.414 e. The normalized spacial score (nSPS) is 11.2. The van der Waals surface area contributed by atoms with Crippen LogP contribution in [0.4, 0.5) is 18.9 Å². The smallest absolute Gasteiger partial charge is 0.267 e. The Morgan fingerprint density at radius 3 is 2.58 bits per heavy atom. The first-order valence-electron chi connectivity index (χ1n) is 4.94. The van der Waals surface area contributed by atoms with Crippen molar-refractivity contribution in [1.82, 2.24) is 5.48 Å². The molecule has 9 heteroatoms. The van der Waals surface area contributed by atoms with E-state index in [1.165, 1.54) is 19.1 Å². The van der Waals surface area contributed by atoms with Crippen LogP contribution in [0.2, 0.25) is 0 Å². The number of alkyl halides is 3. The highest BCUT2D eigenvalue weighted by Gasteiger charge is 2.28. The van der Waals surface area contributed by atoms with Crippen LogP contribution in [0, 0.1) is 17.0 Å². The van der Waals surface area contributed by atoms with Gasteiger partial charge in [0.15, 0.2) is 6.61 Å². The van der Waals surface area contributed by atoms with Gasteiger partial charge in [-0.15, -0.1) is 0 Å². The maximum atomic E-state index is 11.8. The van der Waals surface area contributed by atoms with Crippen LogP contribution in [-0.2, 0) is 4.84 Å². The van der Waals surface area contributed by atoms with E-state index in [9.17, 15) is 28.1 Å². The molecule has 0 fully saturated rings. The third-order valence-corrected chi connectivity index (χ3v) is 1.94. The van der Waals surface area contributed by atoms with Gasteiger partial charge in [-0.3, -0.25) is 19.7 Å². The Morgan fingerprint density at radius 1 is 1.42 bits per heavy atom. The maximum absolute atomic E-state index is 11.8. The van der Waals surface area contributed by atoms with Crippen molar-refractivity contribution in [2.75, 3.05) is 6.61 Å². The summed E-state index contributed by atoms with van der Waals surface area (Å²) in [5.74, 6) is -0.990. The van der Waals surface area contributed by atoms with Crippen molar-refractivity contribution >= 4 is 11.6 Å². The SMILES string of the molecule is Cc1cc(C(=O)NOCC(F)(F)F)cc([N+](=O)[O-])c1. The number of nitro groups is 1. The lowest BCUT2D eigenvalue weighted by Crippen LogP contribution is -2.29. The fraction of sp³-hybridized carbons (Fsp3) is 0.300. The number of nitrogens with one attached hydrogen (secondary N) is 1. The van der Waals surface area contributed by atoms with Gasteiger partial charge in [-0.2, -0.15) is 13.2 Å². The van der Waals surface area contributed by atoms with Crippen molar-refractivity contribution in [1.29, 1.82) is 0 Å². The number of carbonyl (C=O) groups excluding carboxylic acids is 1. The van der Waals surface area contributed by atoms with Crippen LogP contribution in [0.5, 0.6) is 0 Å². The summed E-state index contributed by atoms with van der Waals surface area (Å²) in [4.78, 5) is 25.3. The summed E-state index contributed by atoms with van der Waals surface area (Å²) in [7, 11) is 0. The summed E-state index contributed by atoms with van der Waals surface area (Å²) in [6.07, 6.45) is -4.58. The highest BCUT2D eigenvalue weighted by atomic mass is 19.4. The van der Waals surface area contributed by atoms with Crippen LogP contribution in [0.25, 0.3) is 0 Å². The monoisotopic (exact) mass is 278 g/mol. The van der Waals surface area contributed by atoms with Crippen LogP contribution >= 0.6 is 0 Å². The minimum atomic E-state index is -4.58. The number of nitrogens with zero attached hydrogens (tertiary/aromatic N) is 1. The van der Waals surface area contributed by atoms with E-state index in [0.717, 1.165) is 6.07 Å². The second kappa shape index (κ2) is 5.65. The summed E-state index contributed by atoms with van der Waals surface area (Å²) in [6.45, 7) is -0.132. The first-order chi connectivity index (χ1) is 8.69. The molecular weight excluding hydrogens is 269 g/mol. The Morgan fingerprint density at radius 2 is 2.05 bits per heavy atom. The van der Waals surface area contributed by atoms with E-state index in [2.05, 4.69) is 4.84 Å². The summed E-state index contributed by atoms with van der Waals surface area (Å²) in [6, 6.07) is 3.46. The molecule has 19 heavy (non-hydrogen) atoms. The molecule has 0 radical (unpaired) electrons. The minimum Gasteiger partial charge on any atom is -0.267 e. The van der Waals surface area contributed by atoms with Crippen molar-refractivity contribution in [3.8, 4) is 0 Å². The topological polar surface area (TPSA) is 81.5 Å². The predicted molar refractivity (Wildman–Crippen MR) is 57.3 cm³/mol. The lowest BCUT2D eigenvalue weighted by molar-refractivity contribution is -0.384. The zero-order valence-electron chi connectivity index (χ0n) is 9.65. The number of hydrogen-bond acceptors (Lipinski definition) is 4. The van der Waals surface area contributed by atoms with Crippen LogP contribution in [0.3, 0.4) is 0 Å². The molecule has 104 valence electrons. The lowest BCUT2D eigenvalue weighted by atomic mass is 10.1. The van der Waals surface area contributed by atoms with Gasteiger partial charge in [0.05, 0.1) is 4.92 Å². The molecule has 0 bridgehead atoms. The predicted octanol–water partition coefficient (Wildman–Crippen LogP) is 2.13. The zero-order valence-corrected chi connectivity index (χ0v) is 9.65. The molecule has 0 unspecified atom stereocenters. The van der Waals surface area contributed by atoms with Crippen LogP contribution in [0.1, 0.15) is 15.9 Å². The first kappa shape index (κ1) is 14.9. The van der Waals surface area contributed by atoms with E-state index < -0.39 is 23.6 Å². The molecular formula is C10H9F3N2O4. The first-order valence-corrected chi connectivity index (χ1v) is 4.94. The molecule has 0 aliphatic carbocycles. The molecule has 6 nitrogen and oxygen atoms in total. The number of benzene rings is 1. The van der Waals surface area contributed by atoms with E-state index >= 15 is 0 Å². The molecule has 0 heterocycles. The quantitative estimate of drug-likeness (QED) is 0.675. The molecule has 0 atom stereocenters. The number of rotatable bonds is 4. The molecule has 1 rings (SSSR count). The Balaban J connectivity index is 2.74. The van der Waals surface area contributed by atoms with Crippen molar-refractivity contribution in [3.63, 3.8) is 0 Å². The number of nitro benzene ring substituents is 1. The third-order valence-electron chi connectivity index (χ3n) is 1.94. The number of hydroxylamine groups is 1. The average Bonchev–Trinajstić information content (AvgIpc) is 2.26. The number of carbonyl (C=O) groups is 1. The van der Waals surface area contributed by atoms with Gasteiger partial charge in [0.2, 0.25) is 0 Å². The number of aryl methyl sites for hydroxylation is 1. The Bertz CT molecular complexity index is 502. The highest BCUT2D eigenvalue weighted by Crippen LogP contribution is 2.17. The van der Waals surface area contributed by atoms with Crippen LogP contribution in [0.15, 0.2) is 18.2 Å². The molecule has 0 aliphatic heterocycles. The van der Waals surface area contributed by atoms with Gasteiger partial charge in [0.25, 0.3) is 11.6 Å². The molecule has 1 aromatic rings. The number of halogens is 3. The molecule has 0 saturated heterocycles. The standard InChI is InChI=1S/C10H9F3N2O4/c1-6-2-7(4-8(3-6)15(17)18)9(16)14-19-5-10(11,12)13/h2-4H,5H2,1H3,(H,14,16). The summed E-state index contributed by atoms with van der Waals surface area (Å²) >= 11 is 0. The summed E-state index contributed by atoms with van der Waals surface area (Å²) < 4.78 is 35.3. The summed E-state index contributed by atoms with van der Waals surface area (Å²) in [5, 5.41) is 10.6. The van der Waals surface area contributed by atoms with E-state index in [1.54, 1.807) is 5.48 Å². The minimum absolute atomic E-state index is 0.158. The second-order valence-corrected chi connectivity index (χ2v) is 3.65. The number of non-ortho nitro benzene ring substituents is 1. The van der Waals surface area contributed by atoms with E-state index in [0.29, 0.717) is 5.56 Å². The largest absolute Gasteiger partial charge is 0.414 e. The van der Waals surface area contributed by atoms with Crippen molar-refractivity contribution in [3.05, 3.63) is 39.4 Å². The molecule has 0 spiro atoms. The number of amides is 1. The molecule has 1 N–H and O–H groups in total. The number of hydrogen-bond donors (Lipinski definition) is 1. The lowest BCUT2D eigenvalue weighted by Gasteiger charge is -2.08. The van der Waals surface area contributed by atoms with Gasteiger partial charge in [-0.05, 0) is 18.6 Å². The molecule has 0 saturated carbocycles. The van der Waals surface area contributed by atoms with E-state index in [4.69, 9.17) is 0 Å². The average molecular weight is 278 g/mol. The zero-order chi connectivity index (χ0) is 14.6. The molecule has 0 aliphatic rings. The summed E-state index contributed by atoms with van der Waals surface area (Å²) in [5.41, 5.74) is 1.50.